The van der Waals surface area contributed by atoms with Crippen LogP contribution in [0.25, 0.3) is 43.7 Å². The number of rotatable bonds is 6. The van der Waals surface area contributed by atoms with Crippen molar-refractivity contribution in [1.29, 1.82) is 10.5 Å². The maximum Gasteiger partial charge on any atom is 0.223 e. The Morgan fingerprint density at radius 2 is 1.94 bits per heavy atom. The molecule has 244 valence electrons. The molecule has 7 rings (SSSR count). The Kier molecular flexibility index (Phi) is 8.45. The molecule has 2 fully saturated rings. The molecule has 0 spiro atoms. The van der Waals surface area contributed by atoms with Crippen LogP contribution >= 0.6 is 11.6 Å². The van der Waals surface area contributed by atoms with Crippen LogP contribution in [0.4, 0.5) is 4.39 Å². The highest BCUT2D eigenvalue weighted by molar-refractivity contribution is 6.35. The number of halogens is 2. The summed E-state index contributed by atoms with van der Waals surface area (Å²) in [5, 5.41) is 22.4. The number of carbonyl (C=O) groups is 1. The highest BCUT2D eigenvalue weighted by Gasteiger charge is 2.33. The first-order chi connectivity index (χ1) is 23.2. The Morgan fingerprint density at radius 3 is 2.65 bits per heavy atom. The summed E-state index contributed by atoms with van der Waals surface area (Å²) in [7, 11) is 2.09. The first-order valence-electron chi connectivity index (χ1n) is 16.5. The van der Waals surface area contributed by atoms with E-state index in [2.05, 4.69) is 28.7 Å². The smallest absolute Gasteiger partial charge is 0.223 e. The average Bonchev–Trinajstić information content (AvgIpc) is 3.72. The third-order valence-corrected chi connectivity index (χ3v) is 10.6. The number of piperidine rings is 1. The first-order valence-corrected chi connectivity index (χ1v) is 16.8. The van der Waals surface area contributed by atoms with Gasteiger partial charge in [-0.25, -0.2) is 9.37 Å². The number of nitrogens with zero attached hydrogens (tertiary/aromatic N) is 6. The van der Waals surface area contributed by atoms with Crippen molar-refractivity contribution < 1.29 is 13.9 Å². The number of likely N-dealkylation sites (N-methyl/N-ethyl adjacent to an activating group) is 1. The number of aromatic nitrogens is 2. The second-order valence-corrected chi connectivity index (χ2v) is 13.5. The Balaban J connectivity index is 1.45. The van der Waals surface area contributed by atoms with Gasteiger partial charge in [0.1, 0.15) is 11.6 Å². The van der Waals surface area contributed by atoms with Gasteiger partial charge in [-0.15, -0.1) is 0 Å². The summed E-state index contributed by atoms with van der Waals surface area (Å²) in [6.07, 6.45) is 5.36. The molecular formula is C38H36ClFN6O2. The normalized spacial score (nSPS) is 20.6. The molecule has 4 atom stereocenters. The van der Waals surface area contributed by atoms with Crippen molar-refractivity contribution in [3.63, 3.8) is 0 Å². The minimum absolute atomic E-state index is 0.0448. The van der Waals surface area contributed by atoms with E-state index in [1.807, 2.05) is 43.5 Å². The number of nitriles is 2. The number of ether oxygens (including phenoxy) is 1. The van der Waals surface area contributed by atoms with Gasteiger partial charge in [0.15, 0.2) is 5.82 Å². The number of hydrogen-bond acceptors (Lipinski definition) is 6. The van der Waals surface area contributed by atoms with Crippen LogP contribution in [-0.4, -0.2) is 63.6 Å². The Labute approximate surface area is 283 Å². The minimum atomic E-state index is -0.586. The van der Waals surface area contributed by atoms with E-state index in [1.165, 1.54) is 0 Å². The molecule has 0 N–H and O–H groups in total. The van der Waals surface area contributed by atoms with Crippen molar-refractivity contribution in [3.05, 3.63) is 71.1 Å². The molecule has 0 bridgehead atoms. The van der Waals surface area contributed by atoms with E-state index in [0.717, 1.165) is 35.7 Å². The fourth-order valence-electron chi connectivity index (χ4n) is 8.03. The van der Waals surface area contributed by atoms with Gasteiger partial charge < -0.3 is 14.2 Å². The summed E-state index contributed by atoms with van der Waals surface area (Å²) in [5.74, 6) is -0.283. The molecule has 2 aliphatic rings. The lowest BCUT2D eigenvalue weighted by Crippen LogP contribution is -2.45. The van der Waals surface area contributed by atoms with E-state index in [4.69, 9.17) is 21.3 Å². The van der Waals surface area contributed by atoms with Crippen LogP contribution in [0.15, 0.2) is 54.7 Å². The molecule has 0 radical (unpaired) electrons. The van der Waals surface area contributed by atoms with E-state index in [9.17, 15) is 15.3 Å². The zero-order chi connectivity index (χ0) is 33.7. The predicted molar refractivity (Wildman–Crippen MR) is 185 cm³/mol. The van der Waals surface area contributed by atoms with E-state index < -0.39 is 5.82 Å². The van der Waals surface area contributed by atoms with Gasteiger partial charge >= 0.3 is 0 Å². The fraction of sp³-hybridized carbons (Fsp3) is 0.368. The van der Waals surface area contributed by atoms with Crippen molar-refractivity contribution in [1.82, 2.24) is 19.4 Å². The van der Waals surface area contributed by atoms with Gasteiger partial charge in [0, 0.05) is 54.1 Å². The number of amides is 1. The lowest BCUT2D eigenvalue weighted by Gasteiger charge is -2.39. The maximum absolute atomic E-state index is 17.2. The summed E-state index contributed by atoms with van der Waals surface area (Å²) in [4.78, 5) is 21.3. The minimum Gasteiger partial charge on any atom is -0.472 e. The van der Waals surface area contributed by atoms with Gasteiger partial charge in [0.2, 0.25) is 11.8 Å². The lowest BCUT2D eigenvalue weighted by atomic mass is 9.93. The van der Waals surface area contributed by atoms with Crippen molar-refractivity contribution in [2.24, 2.45) is 0 Å². The molecule has 1 amide bonds. The van der Waals surface area contributed by atoms with Crippen molar-refractivity contribution in [2.75, 3.05) is 20.1 Å². The van der Waals surface area contributed by atoms with Crippen LogP contribution in [-0.2, 0) is 4.79 Å². The molecule has 2 saturated heterocycles. The summed E-state index contributed by atoms with van der Waals surface area (Å²) in [5.41, 5.74) is 2.01. The van der Waals surface area contributed by atoms with E-state index in [1.54, 1.807) is 30.0 Å². The highest BCUT2D eigenvalue weighted by atomic mass is 35.5. The second kappa shape index (κ2) is 12.7. The number of benzene rings is 3. The molecular weight excluding hydrogens is 627 g/mol. The molecule has 3 aromatic carbocycles. The molecule has 0 aliphatic carbocycles. The van der Waals surface area contributed by atoms with Gasteiger partial charge in [0.05, 0.1) is 40.0 Å². The van der Waals surface area contributed by atoms with E-state index >= 15 is 4.39 Å². The quantitative estimate of drug-likeness (QED) is 0.183. The maximum atomic E-state index is 17.2. The Hall–Kier alpha value is -4.70. The average molecular weight is 663 g/mol. The van der Waals surface area contributed by atoms with Crippen LogP contribution in [0.3, 0.4) is 0 Å². The Morgan fingerprint density at radius 1 is 1.15 bits per heavy atom. The third-order valence-electron chi connectivity index (χ3n) is 10.3. The summed E-state index contributed by atoms with van der Waals surface area (Å²) >= 11 is 7.01. The monoisotopic (exact) mass is 662 g/mol. The summed E-state index contributed by atoms with van der Waals surface area (Å²) < 4.78 is 25.9. The number of likely N-dealkylation sites (tertiary alicyclic amines) is 2. The van der Waals surface area contributed by atoms with Crippen molar-refractivity contribution in [3.8, 4) is 29.1 Å². The Bertz CT molecular complexity index is 2160. The fourth-order valence-corrected chi connectivity index (χ4v) is 8.32. The number of hydrogen-bond donors (Lipinski definition) is 0. The zero-order valence-electron chi connectivity index (χ0n) is 27.2. The predicted octanol–water partition coefficient (Wildman–Crippen LogP) is 8.00. The lowest BCUT2D eigenvalue weighted by molar-refractivity contribution is -0.132. The first kappa shape index (κ1) is 31.9. The van der Waals surface area contributed by atoms with Crippen LogP contribution < -0.4 is 4.74 Å². The van der Waals surface area contributed by atoms with Gasteiger partial charge in [0.25, 0.3) is 0 Å². The standard InChI is InChI=1S/C38H36ClFN6O2/c1-22(32-11-6-16-44(32)3)48-38-29-14-18-46(27-13-17-45(23(2)47)26(19-27)12-15-41)37(29)30-20-31(39)34(35(40)36(30)43-38)28-10-5-8-24-7-4-9-25(21-42)33(24)28/h4-5,7-10,14,18,20,22,26-27,32H,6,11-13,16-17,19H2,1-3H3/t22-,26+,27?,32-/m0/s1. The van der Waals surface area contributed by atoms with Crippen LogP contribution in [0.1, 0.15) is 57.6 Å². The molecule has 2 aromatic heterocycles. The molecule has 10 heteroatoms. The highest BCUT2D eigenvalue weighted by Crippen LogP contribution is 2.44. The topological polar surface area (TPSA) is 98.2 Å². The molecule has 4 heterocycles. The molecule has 5 aromatic rings. The molecule has 2 aliphatic heterocycles. The van der Waals surface area contributed by atoms with Gasteiger partial charge in [-0.3, -0.25) is 9.69 Å². The zero-order valence-corrected chi connectivity index (χ0v) is 28.0. The summed E-state index contributed by atoms with van der Waals surface area (Å²) in [6.45, 7) is 5.09. The number of fused-ring (bicyclic) bond motifs is 4. The van der Waals surface area contributed by atoms with Gasteiger partial charge in [-0.05, 0) is 75.3 Å². The molecule has 8 nitrogen and oxygen atoms in total. The van der Waals surface area contributed by atoms with Crippen molar-refractivity contribution >= 4 is 50.1 Å². The van der Waals surface area contributed by atoms with Crippen molar-refractivity contribution in [2.45, 2.75) is 70.2 Å². The van der Waals surface area contributed by atoms with E-state index in [0.29, 0.717) is 47.2 Å². The second-order valence-electron chi connectivity index (χ2n) is 13.1. The molecule has 0 saturated carbocycles. The molecule has 1 unspecified atom stereocenters. The van der Waals surface area contributed by atoms with Gasteiger partial charge in [-0.2, -0.15) is 10.5 Å². The summed E-state index contributed by atoms with van der Waals surface area (Å²) in [6, 6.07) is 19.1. The third kappa shape index (κ3) is 5.32. The number of pyridine rings is 1. The largest absolute Gasteiger partial charge is 0.472 e. The number of carbonyl (C=O) groups excluding carboxylic acids is 1. The van der Waals surface area contributed by atoms with Gasteiger partial charge in [-0.1, -0.05) is 41.9 Å². The van der Waals surface area contributed by atoms with Crippen LogP contribution in [0.5, 0.6) is 5.88 Å². The van der Waals surface area contributed by atoms with E-state index in [-0.39, 0.29) is 52.7 Å². The molecule has 48 heavy (non-hydrogen) atoms. The van der Waals surface area contributed by atoms with Crippen LogP contribution in [0, 0.1) is 28.5 Å². The SMILES string of the molecule is CC(=O)N1CCC(n2ccc3c(O[C@@H](C)[C@@H]4CCCN4C)nc4c(F)c(-c5cccc6cccc(C#N)c56)c(Cl)cc4c32)C[C@H]1CC#N. The van der Waals surface area contributed by atoms with Crippen LogP contribution in [0.2, 0.25) is 5.02 Å².